The molecular weight excluding hydrogens is 387 g/mol. The Morgan fingerprint density at radius 3 is 2.50 bits per heavy atom. The molecule has 0 aliphatic carbocycles. The molecule has 1 saturated heterocycles. The molecule has 0 aromatic heterocycles. The van der Waals surface area contributed by atoms with Crippen LogP contribution in [0.5, 0.6) is 0 Å². The normalized spacial score (nSPS) is 16.3. The van der Waals surface area contributed by atoms with Crippen LogP contribution in [0, 0.1) is 5.92 Å². The highest BCUT2D eigenvalue weighted by molar-refractivity contribution is 14.0. The maximum absolute atomic E-state index is 5.80. The minimum atomic E-state index is 0. The van der Waals surface area contributed by atoms with E-state index in [1.807, 2.05) is 0 Å². The van der Waals surface area contributed by atoms with Crippen LogP contribution in [0.1, 0.15) is 38.7 Å². The summed E-state index contributed by atoms with van der Waals surface area (Å²) in [4.78, 5) is 6.83. The number of hydrogen-bond acceptors (Lipinski definition) is 2. The van der Waals surface area contributed by atoms with Gasteiger partial charge in [0.25, 0.3) is 0 Å². The second-order valence-electron chi connectivity index (χ2n) is 5.96. The summed E-state index contributed by atoms with van der Waals surface area (Å²) < 4.78 is 0. The fourth-order valence-electron chi connectivity index (χ4n) is 2.56. The Hall–Kier alpha value is -0.980. The zero-order valence-corrected chi connectivity index (χ0v) is 16.0. The molecule has 1 aliphatic heterocycles. The number of halogens is 1. The van der Waals surface area contributed by atoms with Gasteiger partial charge in [-0.3, -0.25) is 0 Å². The first-order valence-corrected chi connectivity index (χ1v) is 8.06. The fourth-order valence-corrected chi connectivity index (χ4v) is 2.56. The highest BCUT2D eigenvalue weighted by atomic mass is 127. The molecule has 22 heavy (non-hydrogen) atoms. The largest absolute Gasteiger partial charge is 0.372 e. The van der Waals surface area contributed by atoms with Crippen molar-refractivity contribution in [1.29, 1.82) is 0 Å². The molecule has 1 heterocycles. The van der Waals surface area contributed by atoms with Gasteiger partial charge in [0.15, 0.2) is 5.96 Å². The first-order chi connectivity index (χ1) is 10.2. The number of aliphatic imine (C=N–C) groups is 1. The third-order valence-corrected chi connectivity index (χ3v) is 4.07. The van der Waals surface area contributed by atoms with Gasteiger partial charge in [0.2, 0.25) is 0 Å². The van der Waals surface area contributed by atoms with Crippen molar-refractivity contribution in [2.45, 2.75) is 39.7 Å². The van der Waals surface area contributed by atoms with Gasteiger partial charge in [-0.15, -0.1) is 24.0 Å². The number of anilines is 1. The lowest BCUT2D eigenvalue weighted by atomic mass is 9.99. The van der Waals surface area contributed by atoms with E-state index in [4.69, 9.17) is 5.73 Å². The topological polar surface area (TPSA) is 53.6 Å². The molecule has 0 amide bonds. The van der Waals surface area contributed by atoms with Gasteiger partial charge in [0.05, 0.1) is 6.54 Å². The van der Waals surface area contributed by atoms with E-state index < -0.39 is 0 Å². The van der Waals surface area contributed by atoms with Crippen molar-refractivity contribution in [1.82, 2.24) is 5.32 Å². The molecular formula is C17H29IN4. The smallest absolute Gasteiger partial charge is 0.188 e. The van der Waals surface area contributed by atoms with Gasteiger partial charge in [-0.2, -0.15) is 0 Å². The molecule has 0 bridgehead atoms. The van der Waals surface area contributed by atoms with Crippen LogP contribution >= 0.6 is 24.0 Å². The molecule has 2 rings (SSSR count). The van der Waals surface area contributed by atoms with Crippen molar-refractivity contribution in [2.24, 2.45) is 16.6 Å². The Kier molecular flexibility index (Phi) is 8.60. The Balaban J connectivity index is 0.00000242. The van der Waals surface area contributed by atoms with Gasteiger partial charge in [-0.25, -0.2) is 4.99 Å². The van der Waals surface area contributed by atoms with E-state index >= 15 is 0 Å². The number of hydrogen-bond donors (Lipinski definition) is 2. The van der Waals surface area contributed by atoms with Crippen LogP contribution in [-0.2, 0) is 6.54 Å². The summed E-state index contributed by atoms with van der Waals surface area (Å²) >= 11 is 0. The number of rotatable bonds is 5. The molecule has 5 heteroatoms. The first-order valence-electron chi connectivity index (χ1n) is 8.06. The monoisotopic (exact) mass is 416 g/mol. The summed E-state index contributed by atoms with van der Waals surface area (Å²) in [5.74, 6) is 1.40. The Labute approximate surface area is 151 Å². The maximum Gasteiger partial charge on any atom is 0.188 e. The highest BCUT2D eigenvalue weighted by Crippen LogP contribution is 2.23. The van der Waals surface area contributed by atoms with E-state index in [2.05, 4.69) is 53.3 Å². The van der Waals surface area contributed by atoms with E-state index in [-0.39, 0.29) is 24.0 Å². The Morgan fingerprint density at radius 1 is 1.27 bits per heavy atom. The van der Waals surface area contributed by atoms with Crippen LogP contribution in [0.3, 0.4) is 0 Å². The molecule has 0 spiro atoms. The van der Waals surface area contributed by atoms with Gasteiger partial charge in [-0.05, 0) is 42.9 Å². The van der Waals surface area contributed by atoms with Crippen LogP contribution in [0.2, 0.25) is 0 Å². The van der Waals surface area contributed by atoms with Crippen molar-refractivity contribution >= 4 is 35.6 Å². The van der Waals surface area contributed by atoms with E-state index in [0.717, 1.165) is 18.9 Å². The molecule has 1 fully saturated rings. The molecule has 124 valence electrons. The molecule has 0 atom stereocenters. The van der Waals surface area contributed by atoms with Crippen molar-refractivity contribution in [2.75, 3.05) is 24.5 Å². The van der Waals surface area contributed by atoms with Crippen molar-refractivity contribution in [3.63, 3.8) is 0 Å². The van der Waals surface area contributed by atoms with Crippen LogP contribution in [0.15, 0.2) is 29.3 Å². The summed E-state index contributed by atoms with van der Waals surface area (Å²) in [6, 6.07) is 8.72. The number of piperidine rings is 1. The number of nitrogens with one attached hydrogen (secondary N) is 1. The van der Waals surface area contributed by atoms with E-state index in [0.29, 0.717) is 12.5 Å². The molecule has 1 aliphatic rings. The average molecular weight is 416 g/mol. The van der Waals surface area contributed by atoms with Gasteiger partial charge in [-0.1, -0.05) is 26.0 Å². The van der Waals surface area contributed by atoms with Crippen molar-refractivity contribution < 1.29 is 0 Å². The maximum atomic E-state index is 5.80. The summed E-state index contributed by atoms with van der Waals surface area (Å²) in [7, 11) is 0. The Morgan fingerprint density at radius 2 is 1.91 bits per heavy atom. The van der Waals surface area contributed by atoms with Gasteiger partial charge in [0, 0.05) is 25.3 Å². The summed E-state index contributed by atoms with van der Waals surface area (Å²) in [5.41, 5.74) is 8.32. The second-order valence-corrected chi connectivity index (χ2v) is 5.96. The van der Waals surface area contributed by atoms with E-state index in [9.17, 15) is 0 Å². The molecule has 1 aromatic carbocycles. The van der Waals surface area contributed by atoms with E-state index in [1.165, 1.54) is 37.2 Å². The van der Waals surface area contributed by atoms with Gasteiger partial charge in [0.1, 0.15) is 0 Å². The lowest BCUT2D eigenvalue weighted by Gasteiger charge is -2.32. The van der Waals surface area contributed by atoms with Crippen molar-refractivity contribution in [3.8, 4) is 0 Å². The van der Waals surface area contributed by atoms with Crippen molar-refractivity contribution in [3.05, 3.63) is 29.8 Å². The van der Waals surface area contributed by atoms with Crippen LogP contribution in [0.25, 0.3) is 0 Å². The minimum Gasteiger partial charge on any atom is -0.372 e. The quantitative estimate of drug-likeness (QED) is 0.440. The molecule has 1 aromatic rings. The predicted molar refractivity (Wildman–Crippen MR) is 106 cm³/mol. The lowest BCUT2D eigenvalue weighted by molar-refractivity contribution is 0.438. The molecule has 0 radical (unpaired) electrons. The zero-order valence-electron chi connectivity index (χ0n) is 13.7. The van der Waals surface area contributed by atoms with Gasteiger partial charge >= 0.3 is 0 Å². The second kappa shape index (κ2) is 9.92. The highest BCUT2D eigenvalue weighted by Gasteiger charge is 2.15. The minimum absolute atomic E-state index is 0. The number of benzene rings is 1. The third-order valence-electron chi connectivity index (χ3n) is 4.07. The summed E-state index contributed by atoms with van der Waals surface area (Å²) in [6.07, 6.45) is 3.65. The summed E-state index contributed by atoms with van der Waals surface area (Å²) in [6.45, 7) is 8.32. The molecule has 4 nitrogen and oxygen atoms in total. The average Bonchev–Trinajstić information content (AvgIpc) is 2.52. The number of guanidine groups is 1. The molecule has 3 N–H and O–H groups in total. The predicted octanol–water partition coefficient (Wildman–Crippen LogP) is 3.36. The lowest BCUT2D eigenvalue weighted by Crippen LogP contribution is -2.32. The zero-order chi connectivity index (χ0) is 15.1. The SMILES string of the molecule is CCCNC(N)=NCc1ccc(N2CCC(C)CC2)cc1.I. The van der Waals surface area contributed by atoms with Crippen LogP contribution in [-0.4, -0.2) is 25.6 Å². The summed E-state index contributed by atoms with van der Waals surface area (Å²) in [5, 5.41) is 3.09. The van der Waals surface area contributed by atoms with E-state index in [1.54, 1.807) is 0 Å². The van der Waals surface area contributed by atoms with Crippen LogP contribution in [0.4, 0.5) is 5.69 Å². The number of nitrogens with zero attached hydrogens (tertiary/aromatic N) is 2. The third kappa shape index (κ3) is 6.02. The molecule has 0 saturated carbocycles. The Bertz CT molecular complexity index is 450. The van der Waals surface area contributed by atoms with Crippen LogP contribution < -0.4 is 16.0 Å². The van der Waals surface area contributed by atoms with Gasteiger partial charge < -0.3 is 16.0 Å². The fraction of sp³-hybridized carbons (Fsp3) is 0.588. The number of nitrogens with two attached hydrogens (primary N) is 1. The molecule has 0 unspecified atom stereocenters. The standard InChI is InChI=1S/C17H28N4.HI/c1-3-10-19-17(18)20-13-15-4-6-16(7-5-15)21-11-8-14(2)9-12-21;/h4-7,14H,3,8-13H2,1-2H3,(H3,18,19,20);1H. The first kappa shape index (κ1) is 19.1.